The third-order valence-corrected chi connectivity index (χ3v) is 5.42. The van der Waals surface area contributed by atoms with Gasteiger partial charge in [0, 0.05) is 29.8 Å². The summed E-state index contributed by atoms with van der Waals surface area (Å²) in [6.07, 6.45) is 2.40. The SMILES string of the molecule is CC(C)(C)c1csc(C2CN(Cc3nnc(C4CC4)o3)CCO2)n1. The van der Waals surface area contributed by atoms with E-state index in [2.05, 4.69) is 41.2 Å². The molecule has 7 heteroatoms. The molecule has 1 atom stereocenters. The van der Waals surface area contributed by atoms with Crippen LogP contribution in [-0.2, 0) is 16.7 Å². The molecule has 0 spiro atoms. The maximum atomic E-state index is 5.95. The first-order chi connectivity index (χ1) is 11.5. The molecule has 130 valence electrons. The predicted octanol–water partition coefficient (Wildman–Crippen LogP) is 3.27. The Kier molecular flexibility index (Phi) is 4.18. The van der Waals surface area contributed by atoms with Crippen LogP contribution >= 0.6 is 11.3 Å². The van der Waals surface area contributed by atoms with E-state index in [4.69, 9.17) is 14.1 Å². The molecular formula is C17H24N4O2S. The van der Waals surface area contributed by atoms with E-state index < -0.39 is 0 Å². The summed E-state index contributed by atoms with van der Waals surface area (Å²) in [5.74, 6) is 2.03. The quantitative estimate of drug-likeness (QED) is 0.845. The first-order valence-electron chi connectivity index (χ1n) is 8.61. The van der Waals surface area contributed by atoms with Gasteiger partial charge in [-0.15, -0.1) is 21.5 Å². The zero-order valence-electron chi connectivity index (χ0n) is 14.5. The highest BCUT2D eigenvalue weighted by molar-refractivity contribution is 7.09. The summed E-state index contributed by atoms with van der Waals surface area (Å²) in [6.45, 7) is 9.66. The second kappa shape index (κ2) is 6.20. The van der Waals surface area contributed by atoms with Crippen molar-refractivity contribution in [2.24, 2.45) is 0 Å². The zero-order chi connectivity index (χ0) is 16.7. The van der Waals surface area contributed by atoms with Crippen LogP contribution in [0.25, 0.3) is 0 Å². The highest BCUT2D eigenvalue weighted by Crippen LogP contribution is 2.39. The largest absolute Gasteiger partial charge is 0.424 e. The second-order valence-electron chi connectivity index (χ2n) is 7.72. The number of rotatable bonds is 4. The van der Waals surface area contributed by atoms with Crippen molar-refractivity contribution in [1.82, 2.24) is 20.1 Å². The normalized spacial score (nSPS) is 22.9. The van der Waals surface area contributed by atoms with Crippen LogP contribution in [0, 0.1) is 0 Å². The summed E-state index contributed by atoms with van der Waals surface area (Å²) in [5, 5.41) is 11.6. The van der Waals surface area contributed by atoms with Gasteiger partial charge in [-0.25, -0.2) is 4.98 Å². The molecule has 0 amide bonds. The van der Waals surface area contributed by atoms with E-state index in [1.807, 2.05) is 0 Å². The first-order valence-corrected chi connectivity index (χ1v) is 9.49. The Bertz CT molecular complexity index is 702. The highest BCUT2D eigenvalue weighted by Gasteiger charge is 2.31. The number of nitrogens with zero attached hydrogens (tertiary/aromatic N) is 4. The Labute approximate surface area is 146 Å². The molecule has 0 aromatic carbocycles. The number of thiazole rings is 1. The van der Waals surface area contributed by atoms with E-state index in [1.54, 1.807) is 11.3 Å². The van der Waals surface area contributed by atoms with Gasteiger partial charge >= 0.3 is 0 Å². The molecule has 2 aromatic heterocycles. The van der Waals surface area contributed by atoms with Gasteiger partial charge in [0.1, 0.15) is 11.1 Å². The number of hydrogen-bond acceptors (Lipinski definition) is 7. The zero-order valence-corrected chi connectivity index (χ0v) is 15.3. The van der Waals surface area contributed by atoms with E-state index in [-0.39, 0.29) is 11.5 Å². The maximum absolute atomic E-state index is 5.95. The molecule has 6 nitrogen and oxygen atoms in total. The third kappa shape index (κ3) is 3.53. The molecule has 3 heterocycles. The van der Waals surface area contributed by atoms with Gasteiger partial charge in [-0.2, -0.15) is 0 Å². The topological polar surface area (TPSA) is 64.3 Å². The summed E-state index contributed by atoms with van der Waals surface area (Å²) in [4.78, 5) is 7.11. The van der Waals surface area contributed by atoms with Crippen molar-refractivity contribution < 1.29 is 9.15 Å². The summed E-state index contributed by atoms with van der Waals surface area (Å²) in [7, 11) is 0. The molecule has 1 aliphatic carbocycles. The van der Waals surface area contributed by atoms with E-state index in [1.165, 1.54) is 12.8 Å². The molecule has 24 heavy (non-hydrogen) atoms. The standard InChI is InChI=1S/C17H24N4O2S/c1-17(2,3)13-10-24-16(18-13)12-8-21(6-7-22-12)9-14-19-20-15(23-14)11-4-5-11/h10-12H,4-9H2,1-3H3. The third-order valence-electron chi connectivity index (χ3n) is 4.48. The van der Waals surface area contributed by atoms with Gasteiger partial charge in [-0.05, 0) is 12.8 Å². The molecule has 1 saturated carbocycles. The average Bonchev–Trinajstić information content (AvgIpc) is 3.08. The molecule has 1 unspecified atom stereocenters. The van der Waals surface area contributed by atoms with Crippen LogP contribution in [-0.4, -0.2) is 39.8 Å². The first kappa shape index (κ1) is 16.2. The van der Waals surface area contributed by atoms with Crippen LogP contribution in [0.1, 0.15) is 68.1 Å². The Morgan fingerprint density at radius 2 is 2.12 bits per heavy atom. The minimum Gasteiger partial charge on any atom is -0.424 e. The van der Waals surface area contributed by atoms with Crippen LogP contribution < -0.4 is 0 Å². The summed E-state index contributed by atoms with van der Waals surface area (Å²) >= 11 is 1.69. The number of morpholine rings is 1. The Hall–Kier alpha value is -1.31. The molecule has 2 fully saturated rings. The van der Waals surface area contributed by atoms with Crippen molar-refractivity contribution in [3.05, 3.63) is 27.9 Å². The second-order valence-corrected chi connectivity index (χ2v) is 8.61. The van der Waals surface area contributed by atoms with Gasteiger partial charge in [0.25, 0.3) is 0 Å². The van der Waals surface area contributed by atoms with E-state index >= 15 is 0 Å². The summed E-state index contributed by atoms with van der Waals surface area (Å²) < 4.78 is 11.7. The van der Waals surface area contributed by atoms with Crippen molar-refractivity contribution in [3.63, 3.8) is 0 Å². The molecule has 1 saturated heterocycles. The molecule has 1 aliphatic heterocycles. The monoisotopic (exact) mass is 348 g/mol. The lowest BCUT2D eigenvalue weighted by Crippen LogP contribution is -2.37. The van der Waals surface area contributed by atoms with Crippen LogP contribution in [0.5, 0.6) is 0 Å². The molecule has 0 radical (unpaired) electrons. The number of ether oxygens (including phenoxy) is 1. The van der Waals surface area contributed by atoms with E-state index in [0.29, 0.717) is 25.0 Å². The lowest BCUT2D eigenvalue weighted by atomic mass is 9.93. The number of aromatic nitrogens is 3. The van der Waals surface area contributed by atoms with Gasteiger partial charge in [-0.1, -0.05) is 20.8 Å². The molecule has 2 aliphatic rings. The maximum Gasteiger partial charge on any atom is 0.230 e. The lowest BCUT2D eigenvalue weighted by molar-refractivity contribution is -0.0354. The molecule has 0 N–H and O–H groups in total. The van der Waals surface area contributed by atoms with E-state index in [9.17, 15) is 0 Å². The Balaban J connectivity index is 1.40. The fourth-order valence-electron chi connectivity index (χ4n) is 2.79. The van der Waals surface area contributed by atoms with Crippen molar-refractivity contribution in [2.45, 2.75) is 57.6 Å². The fourth-order valence-corrected chi connectivity index (χ4v) is 3.88. The van der Waals surface area contributed by atoms with Crippen molar-refractivity contribution in [3.8, 4) is 0 Å². The van der Waals surface area contributed by atoms with Gasteiger partial charge in [0.05, 0.1) is 18.8 Å². The van der Waals surface area contributed by atoms with Crippen LogP contribution in [0.4, 0.5) is 0 Å². The van der Waals surface area contributed by atoms with Crippen molar-refractivity contribution in [1.29, 1.82) is 0 Å². The van der Waals surface area contributed by atoms with Crippen LogP contribution in [0.3, 0.4) is 0 Å². The predicted molar refractivity (Wildman–Crippen MR) is 91.1 cm³/mol. The van der Waals surface area contributed by atoms with E-state index in [0.717, 1.165) is 29.7 Å². The van der Waals surface area contributed by atoms with Gasteiger partial charge in [0.2, 0.25) is 11.8 Å². The minimum atomic E-state index is 0.0330. The smallest absolute Gasteiger partial charge is 0.230 e. The Morgan fingerprint density at radius 3 is 2.83 bits per heavy atom. The Morgan fingerprint density at radius 1 is 1.29 bits per heavy atom. The molecule has 2 aromatic rings. The summed E-state index contributed by atoms with van der Waals surface area (Å²) in [6, 6.07) is 0. The lowest BCUT2D eigenvalue weighted by Gasteiger charge is -2.30. The van der Waals surface area contributed by atoms with Gasteiger partial charge < -0.3 is 9.15 Å². The van der Waals surface area contributed by atoms with Gasteiger partial charge in [-0.3, -0.25) is 4.90 Å². The minimum absolute atomic E-state index is 0.0330. The summed E-state index contributed by atoms with van der Waals surface area (Å²) in [5.41, 5.74) is 1.21. The molecule has 0 bridgehead atoms. The molecule has 4 rings (SSSR count). The number of hydrogen-bond donors (Lipinski definition) is 0. The van der Waals surface area contributed by atoms with Crippen molar-refractivity contribution >= 4 is 11.3 Å². The van der Waals surface area contributed by atoms with Crippen molar-refractivity contribution in [2.75, 3.05) is 19.7 Å². The van der Waals surface area contributed by atoms with Gasteiger partial charge in [0.15, 0.2) is 0 Å². The molecular weight excluding hydrogens is 324 g/mol. The van der Waals surface area contributed by atoms with Crippen LogP contribution in [0.15, 0.2) is 9.80 Å². The van der Waals surface area contributed by atoms with Crippen LogP contribution in [0.2, 0.25) is 0 Å². The fraction of sp³-hybridized carbons (Fsp3) is 0.706. The highest BCUT2D eigenvalue weighted by atomic mass is 32.1. The average molecular weight is 348 g/mol.